The van der Waals surface area contributed by atoms with Crippen molar-refractivity contribution >= 4 is 12.1 Å². The van der Waals surface area contributed by atoms with Crippen molar-refractivity contribution in [1.29, 1.82) is 0 Å². The van der Waals surface area contributed by atoms with Gasteiger partial charge < -0.3 is 9.47 Å². The summed E-state index contributed by atoms with van der Waals surface area (Å²) in [6.45, 7) is 4.73. The lowest BCUT2D eigenvalue weighted by Crippen LogP contribution is -2.41. The standard InChI is InChI=1S/C16H21NO4/c1-16(2)9-13(14(18)20-3)17(11-16)15(19)21-10-12-7-5-4-6-8-12/h4-8,13H,9-11H2,1-3H3/t13-/m1/s1. The molecular formula is C16H21NO4. The molecule has 1 aliphatic heterocycles. The van der Waals surface area contributed by atoms with E-state index in [1.54, 1.807) is 0 Å². The highest BCUT2D eigenvalue weighted by molar-refractivity contribution is 5.82. The summed E-state index contributed by atoms with van der Waals surface area (Å²) >= 11 is 0. The highest BCUT2D eigenvalue weighted by Gasteiger charge is 2.45. The average Bonchev–Trinajstić information content (AvgIpc) is 2.81. The lowest BCUT2D eigenvalue weighted by Gasteiger charge is -2.22. The predicted molar refractivity (Wildman–Crippen MR) is 77.5 cm³/mol. The Balaban J connectivity index is 2.01. The number of likely N-dealkylation sites (tertiary alicyclic amines) is 1. The molecule has 0 aliphatic carbocycles. The number of esters is 1. The molecule has 2 rings (SSSR count). The molecule has 21 heavy (non-hydrogen) atoms. The summed E-state index contributed by atoms with van der Waals surface area (Å²) in [5.74, 6) is -0.391. The highest BCUT2D eigenvalue weighted by atomic mass is 16.6. The number of carbonyl (C=O) groups excluding carboxylic acids is 2. The zero-order valence-corrected chi connectivity index (χ0v) is 12.7. The van der Waals surface area contributed by atoms with Crippen molar-refractivity contribution in [1.82, 2.24) is 4.90 Å². The van der Waals surface area contributed by atoms with Crippen LogP contribution in [0.3, 0.4) is 0 Å². The van der Waals surface area contributed by atoms with Gasteiger partial charge in [-0.3, -0.25) is 4.90 Å². The minimum atomic E-state index is -0.562. The number of benzene rings is 1. The first-order valence-corrected chi connectivity index (χ1v) is 6.98. The Morgan fingerprint density at radius 2 is 1.95 bits per heavy atom. The number of nitrogens with zero attached hydrogens (tertiary/aromatic N) is 1. The monoisotopic (exact) mass is 291 g/mol. The third kappa shape index (κ3) is 3.74. The number of hydrogen-bond donors (Lipinski definition) is 0. The molecule has 1 aromatic rings. The van der Waals surface area contributed by atoms with E-state index >= 15 is 0 Å². The Kier molecular flexibility index (Phi) is 4.50. The molecule has 1 saturated heterocycles. The number of carbonyl (C=O) groups is 2. The average molecular weight is 291 g/mol. The predicted octanol–water partition coefficient (Wildman–Crippen LogP) is 2.60. The molecule has 0 radical (unpaired) electrons. The summed E-state index contributed by atoms with van der Waals surface area (Å²) in [7, 11) is 1.33. The number of amides is 1. The van der Waals surface area contributed by atoms with Crippen LogP contribution in [0.1, 0.15) is 25.8 Å². The molecular weight excluding hydrogens is 270 g/mol. The van der Waals surface area contributed by atoms with Gasteiger partial charge in [-0.25, -0.2) is 9.59 Å². The van der Waals surface area contributed by atoms with Crippen molar-refractivity contribution in [3.63, 3.8) is 0 Å². The van der Waals surface area contributed by atoms with Gasteiger partial charge in [0.25, 0.3) is 0 Å². The van der Waals surface area contributed by atoms with Gasteiger partial charge in [0.1, 0.15) is 12.6 Å². The summed E-state index contributed by atoms with van der Waals surface area (Å²) < 4.78 is 10.1. The van der Waals surface area contributed by atoms with Crippen LogP contribution in [-0.2, 0) is 20.9 Å². The van der Waals surface area contributed by atoms with E-state index < -0.39 is 18.1 Å². The fourth-order valence-corrected chi connectivity index (χ4v) is 2.61. The van der Waals surface area contributed by atoms with Crippen LogP contribution >= 0.6 is 0 Å². The third-order valence-electron chi connectivity index (χ3n) is 3.63. The van der Waals surface area contributed by atoms with Crippen molar-refractivity contribution in [3.8, 4) is 0 Å². The second-order valence-corrected chi connectivity index (χ2v) is 6.08. The third-order valence-corrected chi connectivity index (χ3v) is 3.63. The summed E-state index contributed by atoms with van der Waals surface area (Å²) in [4.78, 5) is 25.5. The van der Waals surface area contributed by atoms with Crippen LogP contribution < -0.4 is 0 Å². The van der Waals surface area contributed by atoms with Crippen molar-refractivity contribution in [2.24, 2.45) is 5.41 Å². The van der Waals surface area contributed by atoms with Gasteiger partial charge in [-0.1, -0.05) is 44.2 Å². The fraction of sp³-hybridized carbons (Fsp3) is 0.500. The maximum atomic E-state index is 12.2. The van der Waals surface area contributed by atoms with Crippen LogP contribution in [0.15, 0.2) is 30.3 Å². The Bertz CT molecular complexity index is 512. The maximum Gasteiger partial charge on any atom is 0.410 e. The van der Waals surface area contributed by atoms with Crippen molar-refractivity contribution in [2.75, 3.05) is 13.7 Å². The molecule has 0 bridgehead atoms. The molecule has 0 unspecified atom stereocenters. The van der Waals surface area contributed by atoms with Gasteiger partial charge >= 0.3 is 12.1 Å². The molecule has 1 fully saturated rings. The minimum Gasteiger partial charge on any atom is -0.467 e. The van der Waals surface area contributed by atoms with Gasteiger partial charge in [0.2, 0.25) is 0 Å². The summed E-state index contributed by atoms with van der Waals surface area (Å²) in [6, 6.07) is 8.89. The van der Waals surface area contributed by atoms with Crippen LogP contribution in [-0.4, -0.2) is 36.7 Å². The highest BCUT2D eigenvalue weighted by Crippen LogP contribution is 2.34. The van der Waals surface area contributed by atoms with Crippen LogP contribution in [0.2, 0.25) is 0 Å². The molecule has 1 amide bonds. The Morgan fingerprint density at radius 3 is 2.57 bits per heavy atom. The summed E-state index contributed by atoms with van der Waals surface area (Å²) in [5.41, 5.74) is 0.795. The Labute approximate surface area is 124 Å². The second kappa shape index (κ2) is 6.16. The van der Waals surface area contributed by atoms with Gasteiger partial charge in [-0.2, -0.15) is 0 Å². The van der Waals surface area contributed by atoms with E-state index in [0.717, 1.165) is 5.56 Å². The SMILES string of the molecule is COC(=O)[C@H]1CC(C)(C)CN1C(=O)OCc1ccccc1. The van der Waals surface area contributed by atoms with E-state index in [1.165, 1.54) is 12.0 Å². The molecule has 1 aliphatic rings. The number of rotatable bonds is 3. The molecule has 5 heteroatoms. The zero-order valence-electron chi connectivity index (χ0n) is 12.7. The summed E-state index contributed by atoms with van der Waals surface area (Å²) in [6.07, 6.45) is 0.111. The quantitative estimate of drug-likeness (QED) is 0.803. The normalized spacial score (nSPS) is 20.1. The van der Waals surface area contributed by atoms with E-state index in [0.29, 0.717) is 13.0 Å². The molecule has 114 valence electrons. The van der Waals surface area contributed by atoms with E-state index in [9.17, 15) is 9.59 Å². The van der Waals surface area contributed by atoms with E-state index in [1.807, 2.05) is 44.2 Å². The first-order chi connectivity index (χ1) is 9.93. The maximum absolute atomic E-state index is 12.2. The zero-order chi connectivity index (χ0) is 15.5. The molecule has 1 atom stereocenters. The first-order valence-electron chi connectivity index (χ1n) is 6.98. The van der Waals surface area contributed by atoms with Crippen molar-refractivity contribution in [3.05, 3.63) is 35.9 Å². The number of methoxy groups -OCH3 is 1. The fourth-order valence-electron chi connectivity index (χ4n) is 2.61. The van der Waals surface area contributed by atoms with Gasteiger partial charge in [0.15, 0.2) is 0 Å². The minimum absolute atomic E-state index is 0.120. The van der Waals surface area contributed by atoms with Crippen LogP contribution in [0.4, 0.5) is 4.79 Å². The van der Waals surface area contributed by atoms with E-state index in [-0.39, 0.29) is 12.0 Å². The molecule has 0 spiro atoms. The molecule has 0 N–H and O–H groups in total. The van der Waals surface area contributed by atoms with Crippen LogP contribution in [0, 0.1) is 5.41 Å². The lowest BCUT2D eigenvalue weighted by molar-refractivity contribution is -0.145. The molecule has 1 aromatic carbocycles. The van der Waals surface area contributed by atoms with Gasteiger partial charge in [-0.15, -0.1) is 0 Å². The smallest absolute Gasteiger partial charge is 0.410 e. The molecule has 1 heterocycles. The van der Waals surface area contributed by atoms with Gasteiger partial charge in [0, 0.05) is 6.54 Å². The lowest BCUT2D eigenvalue weighted by atomic mass is 9.91. The Hall–Kier alpha value is -2.04. The van der Waals surface area contributed by atoms with Gasteiger partial charge in [-0.05, 0) is 17.4 Å². The van der Waals surface area contributed by atoms with E-state index in [2.05, 4.69) is 0 Å². The van der Waals surface area contributed by atoms with Gasteiger partial charge in [0.05, 0.1) is 7.11 Å². The summed E-state index contributed by atoms with van der Waals surface area (Å²) in [5, 5.41) is 0. The van der Waals surface area contributed by atoms with Crippen LogP contribution in [0.25, 0.3) is 0 Å². The van der Waals surface area contributed by atoms with Crippen molar-refractivity contribution < 1.29 is 19.1 Å². The van der Waals surface area contributed by atoms with E-state index in [4.69, 9.17) is 9.47 Å². The second-order valence-electron chi connectivity index (χ2n) is 6.08. The largest absolute Gasteiger partial charge is 0.467 e. The molecule has 0 saturated carbocycles. The number of ether oxygens (including phenoxy) is 2. The Morgan fingerprint density at radius 1 is 1.29 bits per heavy atom. The topological polar surface area (TPSA) is 55.8 Å². The van der Waals surface area contributed by atoms with Crippen molar-refractivity contribution in [2.45, 2.75) is 32.9 Å². The number of hydrogen-bond acceptors (Lipinski definition) is 4. The van der Waals surface area contributed by atoms with Crippen LogP contribution in [0.5, 0.6) is 0 Å². The molecule has 5 nitrogen and oxygen atoms in total. The first kappa shape index (κ1) is 15.4. The molecule has 0 aromatic heterocycles.